The molecule has 0 aromatic rings. The van der Waals surface area contributed by atoms with E-state index in [2.05, 4.69) is 0 Å². The lowest BCUT2D eigenvalue weighted by molar-refractivity contribution is -0.135. The Bertz CT molecular complexity index is 408. The van der Waals surface area contributed by atoms with E-state index < -0.39 is 9.84 Å². The Labute approximate surface area is 109 Å². The van der Waals surface area contributed by atoms with Gasteiger partial charge in [0.15, 0.2) is 9.84 Å². The summed E-state index contributed by atoms with van der Waals surface area (Å²) in [6, 6.07) is 0.282. The second-order valence-electron chi connectivity index (χ2n) is 5.36. The van der Waals surface area contributed by atoms with Gasteiger partial charge < -0.3 is 10.6 Å². The molecule has 0 aliphatic carbocycles. The van der Waals surface area contributed by atoms with Crippen LogP contribution in [-0.2, 0) is 14.6 Å². The molecule has 1 amide bonds. The van der Waals surface area contributed by atoms with Gasteiger partial charge in [0.05, 0.1) is 17.4 Å². The fourth-order valence-corrected chi connectivity index (χ4v) is 4.74. The Hall–Kier alpha value is -0.620. The van der Waals surface area contributed by atoms with Gasteiger partial charge in [-0.1, -0.05) is 0 Å². The van der Waals surface area contributed by atoms with Crippen LogP contribution in [0.3, 0.4) is 0 Å². The van der Waals surface area contributed by atoms with Crippen LogP contribution in [-0.4, -0.2) is 49.9 Å². The molecule has 18 heavy (non-hydrogen) atoms. The van der Waals surface area contributed by atoms with Crippen LogP contribution in [0.2, 0.25) is 0 Å². The molecule has 0 saturated carbocycles. The van der Waals surface area contributed by atoms with Crippen LogP contribution in [0, 0.1) is 5.92 Å². The Balaban J connectivity index is 1.96. The zero-order valence-electron chi connectivity index (χ0n) is 10.7. The molecule has 2 aliphatic heterocycles. The minimum atomic E-state index is -2.97. The molecule has 104 valence electrons. The van der Waals surface area contributed by atoms with Crippen molar-refractivity contribution in [2.75, 3.05) is 24.6 Å². The van der Waals surface area contributed by atoms with Crippen molar-refractivity contribution in [3.05, 3.63) is 0 Å². The van der Waals surface area contributed by atoms with E-state index >= 15 is 0 Å². The minimum Gasteiger partial charge on any atom is -0.339 e. The van der Waals surface area contributed by atoms with Gasteiger partial charge in [-0.3, -0.25) is 4.79 Å². The van der Waals surface area contributed by atoms with Crippen molar-refractivity contribution in [1.82, 2.24) is 4.90 Å². The van der Waals surface area contributed by atoms with E-state index in [1.807, 2.05) is 4.90 Å². The molecular formula is C12H22N2O3S. The minimum absolute atomic E-state index is 0.0476. The summed E-state index contributed by atoms with van der Waals surface area (Å²) in [6.45, 7) is 1.43. The molecule has 0 spiro atoms. The topological polar surface area (TPSA) is 80.5 Å². The van der Waals surface area contributed by atoms with Gasteiger partial charge in [-0.15, -0.1) is 0 Å². The van der Waals surface area contributed by atoms with Gasteiger partial charge in [-0.2, -0.15) is 0 Å². The molecule has 0 aromatic carbocycles. The maximum absolute atomic E-state index is 12.3. The highest BCUT2D eigenvalue weighted by Gasteiger charge is 2.38. The monoisotopic (exact) mass is 274 g/mol. The summed E-state index contributed by atoms with van der Waals surface area (Å²) in [5.74, 6) is -0.0273. The van der Waals surface area contributed by atoms with Crippen LogP contribution in [0.15, 0.2) is 0 Å². The molecule has 2 rings (SSSR count). The second-order valence-corrected chi connectivity index (χ2v) is 7.59. The number of amides is 1. The highest BCUT2D eigenvalue weighted by molar-refractivity contribution is 7.91. The van der Waals surface area contributed by atoms with Crippen molar-refractivity contribution in [2.24, 2.45) is 11.7 Å². The molecule has 6 heteroatoms. The third-order valence-corrected chi connectivity index (χ3v) is 5.75. The first kappa shape index (κ1) is 13.8. The maximum Gasteiger partial charge on any atom is 0.226 e. The van der Waals surface area contributed by atoms with E-state index in [1.54, 1.807) is 0 Å². The Morgan fingerprint density at radius 2 is 2.11 bits per heavy atom. The number of hydrogen-bond donors (Lipinski definition) is 1. The first-order chi connectivity index (χ1) is 8.53. The van der Waals surface area contributed by atoms with E-state index in [4.69, 9.17) is 5.73 Å². The third-order valence-electron chi connectivity index (χ3n) is 3.98. The molecule has 2 aliphatic rings. The van der Waals surface area contributed by atoms with Crippen LogP contribution in [0.1, 0.15) is 32.1 Å². The van der Waals surface area contributed by atoms with Crippen molar-refractivity contribution < 1.29 is 13.2 Å². The molecule has 2 atom stereocenters. The van der Waals surface area contributed by atoms with Crippen LogP contribution in [0.25, 0.3) is 0 Å². The van der Waals surface area contributed by atoms with E-state index in [-0.39, 0.29) is 29.4 Å². The fourth-order valence-electron chi connectivity index (χ4n) is 3.00. The Morgan fingerprint density at radius 1 is 1.33 bits per heavy atom. The normalized spacial score (nSPS) is 30.8. The van der Waals surface area contributed by atoms with Crippen molar-refractivity contribution >= 4 is 15.7 Å². The number of nitrogens with zero attached hydrogens (tertiary/aromatic N) is 1. The highest BCUT2D eigenvalue weighted by atomic mass is 32.2. The van der Waals surface area contributed by atoms with Gasteiger partial charge in [0.2, 0.25) is 5.91 Å². The number of hydrogen-bond acceptors (Lipinski definition) is 4. The van der Waals surface area contributed by atoms with Crippen molar-refractivity contribution in [2.45, 2.75) is 38.1 Å². The van der Waals surface area contributed by atoms with Gasteiger partial charge >= 0.3 is 0 Å². The smallest absolute Gasteiger partial charge is 0.226 e. The first-order valence-corrected chi connectivity index (χ1v) is 8.56. The number of rotatable bonds is 4. The third kappa shape index (κ3) is 3.03. The molecule has 2 unspecified atom stereocenters. The van der Waals surface area contributed by atoms with Crippen molar-refractivity contribution in [3.8, 4) is 0 Å². The molecule has 2 saturated heterocycles. The SMILES string of the molecule is NCCCC1CCCN1C(=O)C1CCS(=O)(=O)C1. The van der Waals surface area contributed by atoms with Crippen LogP contribution < -0.4 is 5.73 Å². The van der Waals surface area contributed by atoms with Gasteiger partial charge in [-0.05, 0) is 38.6 Å². The Kier molecular flexibility index (Phi) is 4.27. The summed E-state index contributed by atoms with van der Waals surface area (Å²) < 4.78 is 22.9. The lowest BCUT2D eigenvalue weighted by Crippen LogP contribution is -2.40. The molecule has 2 heterocycles. The van der Waals surface area contributed by atoms with Gasteiger partial charge in [0.1, 0.15) is 0 Å². The van der Waals surface area contributed by atoms with Crippen molar-refractivity contribution in [1.29, 1.82) is 0 Å². The van der Waals surface area contributed by atoms with Gasteiger partial charge in [-0.25, -0.2) is 8.42 Å². The van der Waals surface area contributed by atoms with E-state index in [9.17, 15) is 13.2 Å². The van der Waals surface area contributed by atoms with E-state index in [0.717, 1.165) is 32.2 Å². The second kappa shape index (κ2) is 5.57. The zero-order valence-corrected chi connectivity index (χ0v) is 11.5. The Morgan fingerprint density at radius 3 is 2.72 bits per heavy atom. The average molecular weight is 274 g/mol. The average Bonchev–Trinajstić information content (AvgIpc) is 2.91. The summed E-state index contributed by atoms with van der Waals surface area (Å²) in [7, 11) is -2.97. The molecule has 2 fully saturated rings. The fraction of sp³-hybridized carbons (Fsp3) is 0.917. The lowest BCUT2D eigenvalue weighted by Gasteiger charge is -2.27. The number of likely N-dealkylation sites (tertiary alicyclic amines) is 1. The molecule has 0 aromatic heterocycles. The van der Waals surface area contributed by atoms with Gasteiger partial charge in [0.25, 0.3) is 0 Å². The number of nitrogens with two attached hydrogens (primary N) is 1. The standard InChI is InChI=1S/C12H22N2O3S/c13-6-1-3-11-4-2-7-14(11)12(15)10-5-8-18(16,17)9-10/h10-11H,1-9,13H2. The number of sulfone groups is 1. The highest BCUT2D eigenvalue weighted by Crippen LogP contribution is 2.27. The first-order valence-electron chi connectivity index (χ1n) is 6.74. The number of carbonyl (C=O) groups excluding carboxylic acids is 1. The summed E-state index contributed by atoms with van der Waals surface area (Å²) in [4.78, 5) is 14.2. The summed E-state index contributed by atoms with van der Waals surface area (Å²) in [6.07, 6.45) is 4.44. The number of carbonyl (C=O) groups is 1. The van der Waals surface area contributed by atoms with Crippen molar-refractivity contribution in [3.63, 3.8) is 0 Å². The lowest BCUT2D eigenvalue weighted by atomic mass is 10.0. The van der Waals surface area contributed by atoms with Crippen LogP contribution in [0.4, 0.5) is 0 Å². The quantitative estimate of drug-likeness (QED) is 0.791. The predicted octanol–water partition coefficient (Wildman–Crippen LogP) is 0.151. The summed E-state index contributed by atoms with van der Waals surface area (Å²) in [5, 5.41) is 0. The molecule has 0 bridgehead atoms. The molecular weight excluding hydrogens is 252 g/mol. The summed E-state index contributed by atoms with van der Waals surface area (Å²) in [5.41, 5.74) is 5.50. The predicted molar refractivity (Wildman–Crippen MR) is 69.8 cm³/mol. The maximum atomic E-state index is 12.3. The largest absolute Gasteiger partial charge is 0.339 e. The molecule has 5 nitrogen and oxygen atoms in total. The van der Waals surface area contributed by atoms with Crippen LogP contribution in [0.5, 0.6) is 0 Å². The van der Waals surface area contributed by atoms with E-state index in [0.29, 0.717) is 13.0 Å². The molecule has 2 N–H and O–H groups in total. The zero-order chi connectivity index (χ0) is 13.2. The summed E-state index contributed by atoms with van der Waals surface area (Å²) >= 11 is 0. The van der Waals surface area contributed by atoms with E-state index in [1.165, 1.54) is 0 Å². The van der Waals surface area contributed by atoms with Crippen LogP contribution >= 0.6 is 0 Å². The van der Waals surface area contributed by atoms with Gasteiger partial charge in [0, 0.05) is 12.6 Å². The molecule has 0 radical (unpaired) electrons.